The number of aromatic nitrogens is 2. The van der Waals surface area contributed by atoms with Crippen LogP contribution in [0.4, 0.5) is 4.39 Å². The maximum atomic E-state index is 12.9. The van der Waals surface area contributed by atoms with Gasteiger partial charge in [-0.05, 0) is 38.1 Å². The second-order valence-corrected chi connectivity index (χ2v) is 5.01. The zero-order chi connectivity index (χ0) is 16.4. The van der Waals surface area contributed by atoms with Crippen molar-refractivity contribution in [3.05, 3.63) is 47.5 Å². The van der Waals surface area contributed by atoms with Crippen LogP contribution in [0.2, 0.25) is 0 Å². The van der Waals surface area contributed by atoms with Gasteiger partial charge in [0.15, 0.2) is 5.69 Å². The first kappa shape index (κ1) is 15.7. The maximum Gasteiger partial charge on any atom is 0.326 e. The summed E-state index contributed by atoms with van der Waals surface area (Å²) in [4.78, 5) is 24.4. The van der Waals surface area contributed by atoms with Gasteiger partial charge in [0.25, 0.3) is 5.91 Å². The van der Waals surface area contributed by atoms with Gasteiger partial charge in [0.1, 0.15) is 11.9 Å². The van der Waals surface area contributed by atoms with Crippen LogP contribution in [-0.4, -0.2) is 44.8 Å². The lowest BCUT2D eigenvalue weighted by Gasteiger charge is -2.20. The zero-order valence-corrected chi connectivity index (χ0v) is 12.4. The number of halogens is 1. The Morgan fingerprint density at radius 2 is 1.91 bits per heavy atom. The van der Waals surface area contributed by atoms with Gasteiger partial charge in [-0.1, -0.05) is 0 Å². The molecule has 0 saturated carbocycles. The van der Waals surface area contributed by atoms with Crippen molar-refractivity contribution in [1.29, 1.82) is 0 Å². The highest BCUT2D eigenvalue weighted by Gasteiger charge is 2.26. The van der Waals surface area contributed by atoms with E-state index in [9.17, 15) is 14.0 Å². The summed E-state index contributed by atoms with van der Waals surface area (Å²) in [6.07, 6.45) is 1.64. The van der Waals surface area contributed by atoms with E-state index in [4.69, 9.17) is 5.11 Å². The molecule has 1 amide bonds. The minimum absolute atomic E-state index is 0.167. The standard InChI is InChI=1S/C15H16FN3O3/c1-9-8-19(12-6-4-11(16)5-7-12)17-13(9)14(20)18(3)10(2)15(21)22/h4-8,10H,1-3H3,(H,21,22)/t10-/m1/s1. The molecule has 2 aromatic rings. The molecule has 0 aliphatic heterocycles. The lowest BCUT2D eigenvalue weighted by Crippen LogP contribution is -2.40. The lowest BCUT2D eigenvalue weighted by molar-refractivity contribution is -0.141. The van der Waals surface area contributed by atoms with Crippen molar-refractivity contribution in [2.75, 3.05) is 7.05 Å². The second kappa shape index (κ2) is 5.97. The van der Waals surface area contributed by atoms with E-state index in [0.717, 1.165) is 4.90 Å². The molecular formula is C15H16FN3O3. The molecule has 0 bridgehead atoms. The fourth-order valence-corrected chi connectivity index (χ4v) is 1.91. The molecule has 0 aliphatic rings. The Balaban J connectivity index is 2.32. The largest absolute Gasteiger partial charge is 0.480 e. The molecule has 1 aromatic carbocycles. The molecule has 1 atom stereocenters. The summed E-state index contributed by atoms with van der Waals surface area (Å²) in [5, 5.41) is 13.2. The Morgan fingerprint density at radius 3 is 2.45 bits per heavy atom. The number of aryl methyl sites for hydroxylation is 1. The fraction of sp³-hybridized carbons (Fsp3) is 0.267. The summed E-state index contributed by atoms with van der Waals surface area (Å²) in [7, 11) is 1.41. The van der Waals surface area contributed by atoms with Gasteiger partial charge in [0.2, 0.25) is 0 Å². The number of hydrogen-bond donors (Lipinski definition) is 1. The van der Waals surface area contributed by atoms with Crippen molar-refractivity contribution in [2.45, 2.75) is 19.9 Å². The molecule has 0 fully saturated rings. The molecule has 116 valence electrons. The summed E-state index contributed by atoms with van der Waals surface area (Å²) in [6, 6.07) is 4.72. The molecule has 2 rings (SSSR count). The zero-order valence-electron chi connectivity index (χ0n) is 12.4. The lowest BCUT2D eigenvalue weighted by atomic mass is 10.2. The number of carbonyl (C=O) groups is 2. The van der Waals surface area contributed by atoms with Crippen LogP contribution in [0.3, 0.4) is 0 Å². The Kier molecular flexibility index (Phi) is 4.25. The molecule has 1 heterocycles. The second-order valence-electron chi connectivity index (χ2n) is 5.01. The molecule has 0 spiro atoms. The van der Waals surface area contributed by atoms with Gasteiger partial charge in [-0.2, -0.15) is 5.10 Å². The number of nitrogens with zero attached hydrogens (tertiary/aromatic N) is 3. The van der Waals surface area contributed by atoms with Crippen LogP contribution in [0.1, 0.15) is 23.0 Å². The van der Waals surface area contributed by atoms with Crippen LogP contribution in [0.25, 0.3) is 5.69 Å². The van der Waals surface area contributed by atoms with E-state index in [1.165, 1.54) is 30.8 Å². The van der Waals surface area contributed by atoms with E-state index < -0.39 is 17.9 Å². The summed E-state index contributed by atoms with van der Waals surface area (Å²) < 4.78 is 14.4. The van der Waals surface area contributed by atoms with Crippen molar-refractivity contribution in [2.24, 2.45) is 0 Å². The Labute approximate surface area is 126 Å². The van der Waals surface area contributed by atoms with Crippen LogP contribution in [0.15, 0.2) is 30.5 Å². The Morgan fingerprint density at radius 1 is 1.32 bits per heavy atom. The van der Waals surface area contributed by atoms with Gasteiger partial charge in [-0.3, -0.25) is 4.79 Å². The van der Waals surface area contributed by atoms with Gasteiger partial charge in [-0.25, -0.2) is 13.9 Å². The average molecular weight is 305 g/mol. The van der Waals surface area contributed by atoms with Crippen molar-refractivity contribution < 1.29 is 19.1 Å². The molecule has 6 nitrogen and oxygen atoms in total. The first-order valence-corrected chi connectivity index (χ1v) is 6.63. The number of carbonyl (C=O) groups excluding carboxylic acids is 1. The van der Waals surface area contributed by atoms with Crippen molar-refractivity contribution in [3.63, 3.8) is 0 Å². The minimum Gasteiger partial charge on any atom is -0.480 e. The molecule has 0 saturated heterocycles. The molecule has 0 aliphatic carbocycles. The minimum atomic E-state index is -1.09. The monoisotopic (exact) mass is 305 g/mol. The number of benzene rings is 1. The number of carboxylic acids is 1. The third kappa shape index (κ3) is 2.98. The van der Waals surface area contributed by atoms with Crippen molar-refractivity contribution in [1.82, 2.24) is 14.7 Å². The first-order chi connectivity index (χ1) is 10.3. The summed E-state index contributed by atoms with van der Waals surface area (Å²) in [5.74, 6) is -1.93. The maximum absolute atomic E-state index is 12.9. The van der Waals surface area contributed by atoms with Gasteiger partial charge < -0.3 is 10.0 Å². The highest BCUT2D eigenvalue weighted by molar-refractivity contribution is 5.95. The predicted molar refractivity (Wildman–Crippen MR) is 77.5 cm³/mol. The van der Waals surface area contributed by atoms with E-state index >= 15 is 0 Å². The van der Waals surface area contributed by atoms with Crippen molar-refractivity contribution in [3.8, 4) is 5.69 Å². The number of likely N-dealkylation sites (N-methyl/N-ethyl adjacent to an activating group) is 1. The normalized spacial score (nSPS) is 12.0. The predicted octanol–water partition coefficient (Wildman–Crippen LogP) is 1.86. The molecule has 1 N–H and O–H groups in total. The molecule has 0 unspecified atom stereocenters. The smallest absolute Gasteiger partial charge is 0.326 e. The number of hydrogen-bond acceptors (Lipinski definition) is 3. The highest BCUT2D eigenvalue weighted by atomic mass is 19.1. The topological polar surface area (TPSA) is 75.4 Å². The van der Waals surface area contributed by atoms with E-state index in [-0.39, 0.29) is 11.5 Å². The van der Waals surface area contributed by atoms with Gasteiger partial charge >= 0.3 is 5.97 Å². The third-order valence-corrected chi connectivity index (χ3v) is 3.45. The van der Waals surface area contributed by atoms with Crippen molar-refractivity contribution >= 4 is 11.9 Å². The SMILES string of the molecule is Cc1cn(-c2ccc(F)cc2)nc1C(=O)N(C)[C@H](C)C(=O)O. The van der Waals surface area contributed by atoms with E-state index in [0.29, 0.717) is 11.3 Å². The van der Waals surface area contributed by atoms with Crippen LogP contribution < -0.4 is 0 Å². The van der Waals surface area contributed by atoms with Crippen LogP contribution >= 0.6 is 0 Å². The Hall–Kier alpha value is -2.70. The molecule has 22 heavy (non-hydrogen) atoms. The van der Waals surface area contributed by atoms with E-state index in [2.05, 4.69) is 5.10 Å². The number of amides is 1. The molecule has 0 radical (unpaired) electrons. The van der Waals surface area contributed by atoms with Crippen LogP contribution in [-0.2, 0) is 4.79 Å². The Bertz CT molecular complexity index is 709. The summed E-state index contributed by atoms with van der Waals surface area (Å²) >= 11 is 0. The fourth-order valence-electron chi connectivity index (χ4n) is 1.91. The van der Waals surface area contributed by atoms with E-state index in [1.807, 2.05) is 0 Å². The quantitative estimate of drug-likeness (QED) is 0.935. The molecule has 1 aromatic heterocycles. The first-order valence-electron chi connectivity index (χ1n) is 6.63. The van der Waals surface area contributed by atoms with Gasteiger partial charge in [0.05, 0.1) is 5.69 Å². The highest BCUT2D eigenvalue weighted by Crippen LogP contribution is 2.15. The number of carboxylic acid groups (broad SMARTS) is 1. The number of aliphatic carboxylic acids is 1. The van der Waals surface area contributed by atoms with Crippen LogP contribution in [0, 0.1) is 12.7 Å². The summed E-state index contributed by atoms with van der Waals surface area (Å²) in [6.45, 7) is 3.13. The number of rotatable bonds is 4. The van der Waals surface area contributed by atoms with Gasteiger partial charge in [-0.15, -0.1) is 0 Å². The van der Waals surface area contributed by atoms with E-state index in [1.54, 1.807) is 25.3 Å². The molecular weight excluding hydrogens is 289 g/mol. The van der Waals surface area contributed by atoms with Crippen LogP contribution in [0.5, 0.6) is 0 Å². The third-order valence-electron chi connectivity index (χ3n) is 3.45. The molecule has 7 heteroatoms. The summed E-state index contributed by atoms with van der Waals surface area (Å²) in [5.41, 5.74) is 1.39. The van der Waals surface area contributed by atoms with Gasteiger partial charge in [0, 0.05) is 18.8 Å². The average Bonchev–Trinajstić information content (AvgIpc) is 2.87.